The number of aromatic amines is 1. The zero-order chi connectivity index (χ0) is 31.6. The molecule has 1 saturated carbocycles. The van der Waals surface area contributed by atoms with E-state index in [0.717, 1.165) is 35.1 Å². The highest BCUT2D eigenvalue weighted by atomic mass is 19.4. The number of rotatable bonds is 11. The Balaban J connectivity index is 1.08. The molecule has 4 aromatic heterocycles. The topological polar surface area (TPSA) is 134 Å². The summed E-state index contributed by atoms with van der Waals surface area (Å²) in [6.45, 7) is 2.59. The van der Waals surface area contributed by atoms with Crippen LogP contribution in [0.2, 0.25) is 0 Å². The van der Waals surface area contributed by atoms with Crippen molar-refractivity contribution in [1.29, 1.82) is 5.26 Å². The first-order chi connectivity index (χ1) is 21.7. The molecule has 0 bridgehead atoms. The van der Waals surface area contributed by atoms with Crippen molar-refractivity contribution >= 4 is 11.0 Å². The second kappa shape index (κ2) is 12.7. The number of H-pyrrole nitrogens is 1. The van der Waals surface area contributed by atoms with Gasteiger partial charge in [-0.2, -0.15) is 28.5 Å². The highest BCUT2D eigenvalue weighted by Crippen LogP contribution is 2.39. The van der Waals surface area contributed by atoms with Gasteiger partial charge in [-0.15, -0.1) is 0 Å². The van der Waals surface area contributed by atoms with E-state index in [0.29, 0.717) is 45.5 Å². The predicted molar refractivity (Wildman–Crippen MR) is 157 cm³/mol. The van der Waals surface area contributed by atoms with E-state index in [1.54, 1.807) is 20.4 Å². The number of nitrogens with zero attached hydrogens (tertiary/aromatic N) is 9. The van der Waals surface area contributed by atoms with Crippen LogP contribution in [0.3, 0.4) is 0 Å². The molecule has 1 saturated heterocycles. The van der Waals surface area contributed by atoms with E-state index in [4.69, 9.17) is 9.47 Å². The van der Waals surface area contributed by atoms with Gasteiger partial charge in [-0.1, -0.05) is 0 Å². The SMILES string of the molecule is COCCN(C)Cc1cc(OC2CCC(N3CC(CC#N)(n4cc(-c5ncnc6[nH]ccc56)cn4)C3)CC2)nc(C(F)(F)F)n1. The molecule has 2 aliphatic rings. The van der Waals surface area contributed by atoms with Crippen molar-refractivity contribution < 1.29 is 22.6 Å². The minimum atomic E-state index is -4.68. The van der Waals surface area contributed by atoms with E-state index in [1.807, 2.05) is 28.0 Å². The molecule has 1 N–H and O–H groups in total. The van der Waals surface area contributed by atoms with Crippen LogP contribution >= 0.6 is 0 Å². The number of likely N-dealkylation sites (tertiary alicyclic amines) is 1. The summed E-state index contributed by atoms with van der Waals surface area (Å²) < 4.78 is 53.7. The number of fused-ring (bicyclic) bond motifs is 1. The standard InChI is InChI=1S/C30H35F3N10O2/c1-41(11-12-44-2)16-21-13-25(40-28(39-21)30(31,32)33)45-23-5-3-22(4-6-23)42-17-29(18-42,8-9-34)43-15-20(14-38-43)26-24-7-10-35-27(24)37-19-36-26/h7,10,13-15,19,22-23H,3-6,8,11-12,16-18H2,1-2H3,(H,35,36,37). The van der Waals surface area contributed by atoms with Crippen LogP contribution in [-0.2, 0) is 23.0 Å². The Kier molecular flexibility index (Phi) is 8.71. The summed E-state index contributed by atoms with van der Waals surface area (Å²) in [7, 11) is 3.37. The fourth-order valence-corrected chi connectivity index (χ4v) is 6.30. The molecule has 238 valence electrons. The molecule has 0 unspecified atom stereocenters. The fraction of sp³-hybridized carbons (Fsp3) is 0.533. The van der Waals surface area contributed by atoms with E-state index < -0.39 is 17.5 Å². The maximum absolute atomic E-state index is 13.6. The number of hydrogen-bond acceptors (Lipinski definition) is 10. The van der Waals surface area contributed by atoms with E-state index >= 15 is 0 Å². The van der Waals surface area contributed by atoms with Crippen molar-refractivity contribution in [3.05, 3.63) is 48.6 Å². The molecule has 12 nitrogen and oxygen atoms in total. The van der Waals surface area contributed by atoms with Gasteiger partial charge in [0.1, 0.15) is 23.6 Å². The zero-order valence-corrected chi connectivity index (χ0v) is 25.2. The average molecular weight is 625 g/mol. The molecule has 45 heavy (non-hydrogen) atoms. The summed E-state index contributed by atoms with van der Waals surface area (Å²) >= 11 is 0. The minimum absolute atomic E-state index is 0.0528. The van der Waals surface area contributed by atoms with Gasteiger partial charge in [0.25, 0.3) is 0 Å². The van der Waals surface area contributed by atoms with Gasteiger partial charge >= 0.3 is 6.18 Å². The lowest BCUT2D eigenvalue weighted by atomic mass is 9.82. The lowest BCUT2D eigenvalue weighted by Crippen LogP contribution is -2.65. The molecular formula is C30H35F3N10O2. The van der Waals surface area contributed by atoms with Crippen molar-refractivity contribution in [3.8, 4) is 23.2 Å². The number of aromatic nitrogens is 7. The van der Waals surface area contributed by atoms with Crippen LogP contribution in [0, 0.1) is 11.3 Å². The van der Waals surface area contributed by atoms with Gasteiger partial charge in [-0.05, 0) is 38.8 Å². The third kappa shape index (κ3) is 6.63. The zero-order valence-electron chi connectivity index (χ0n) is 25.2. The molecule has 1 aliphatic carbocycles. The normalized spacial score (nSPS) is 20.3. The smallest absolute Gasteiger partial charge is 0.451 e. The summed E-state index contributed by atoms with van der Waals surface area (Å²) in [4.78, 5) is 23.5. The number of alkyl halides is 3. The molecule has 0 atom stereocenters. The predicted octanol–water partition coefficient (Wildman–Crippen LogP) is 4.02. The van der Waals surface area contributed by atoms with Gasteiger partial charge in [0, 0.05) is 68.7 Å². The van der Waals surface area contributed by atoms with Crippen LogP contribution in [0.1, 0.15) is 43.6 Å². The van der Waals surface area contributed by atoms with Gasteiger partial charge in [0.15, 0.2) is 0 Å². The monoisotopic (exact) mass is 624 g/mol. The number of nitrogens with one attached hydrogen (secondary N) is 1. The third-order valence-corrected chi connectivity index (χ3v) is 8.66. The van der Waals surface area contributed by atoms with E-state index in [9.17, 15) is 18.4 Å². The lowest BCUT2D eigenvalue weighted by Gasteiger charge is -2.53. The number of halogens is 3. The molecule has 4 aromatic rings. The van der Waals surface area contributed by atoms with Gasteiger partial charge in [0.05, 0.1) is 36.7 Å². The summed E-state index contributed by atoms with van der Waals surface area (Å²) in [5, 5.41) is 15.2. The first kappa shape index (κ1) is 30.9. The molecule has 0 radical (unpaired) electrons. The van der Waals surface area contributed by atoms with E-state index in [2.05, 4.69) is 41.0 Å². The van der Waals surface area contributed by atoms with Gasteiger partial charge in [-0.3, -0.25) is 14.5 Å². The lowest BCUT2D eigenvalue weighted by molar-refractivity contribution is -0.145. The highest BCUT2D eigenvalue weighted by molar-refractivity contribution is 5.90. The first-order valence-corrected chi connectivity index (χ1v) is 14.9. The van der Waals surface area contributed by atoms with Gasteiger partial charge in [-0.25, -0.2) is 15.0 Å². The Hall–Kier alpha value is -4.13. The molecule has 5 heterocycles. The Bertz CT molecular complexity index is 1650. The molecule has 2 fully saturated rings. The van der Waals surface area contributed by atoms with Crippen molar-refractivity contribution in [3.63, 3.8) is 0 Å². The van der Waals surface area contributed by atoms with Crippen LogP contribution in [0.5, 0.6) is 5.88 Å². The van der Waals surface area contributed by atoms with E-state index in [1.165, 1.54) is 12.4 Å². The Morgan fingerprint density at radius 2 is 1.98 bits per heavy atom. The molecule has 0 aromatic carbocycles. The third-order valence-electron chi connectivity index (χ3n) is 8.66. The average Bonchev–Trinajstić information content (AvgIpc) is 3.68. The molecule has 0 amide bonds. The number of hydrogen-bond donors (Lipinski definition) is 1. The Morgan fingerprint density at radius 1 is 1.18 bits per heavy atom. The van der Waals surface area contributed by atoms with Crippen molar-refractivity contribution in [2.45, 2.75) is 62.5 Å². The van der Waals surface area contributed by atoms with E-state index in [-0.39, 0.29) is 30.3 Å². The van der Waals surface area contributed by atoms with Crippen LogP contribution in [-0.4, -0.2) is 97.0 Å². The number of nitriles is 1. The second-order valence-electron chi connectivity index (χ2n) is 11.9. The molecule has 15 heteroatoms. The second-order valence-corrected chi connectivity index (χ2v) is 11.9. The molecular weight excluding hydrogens is 589 g/mol. The quantitative estimate of drug-likeness (QED) is 0.261. The number of ether oxygens (including phenoxy) is 2. The van der Waals surface area contributed by atoms with Crippen molar-refractivity contribution in [2.24, 2.45) is 0 Å². The van der Waals surface area contributed by atoms with Crippen LogP contribution in [0.25, 0.3) is 22.3 Å². The summed E-state index contributed by atoms with van der Waals surface area (Å²) in [5.41, 5.74) is 2.20. The Labute approximate surface area is 258 Å². The maximum atomic E-state index is 13.6. The van der Waals surface area contributed by atoms with Crippen LogP contribution < -0.4 is 4.74 Å². The molecule has 0 spiro atoms. The Morgan fingerprint density at radius 3 is 2.71 bits per heavy atom. The molecule has 1 aliphatic heterocycles. The summed E-state index contributed by atoms with van der Waals surface area (Å²) in [5.74, 6) is -1.25. The largest absolute Gasteiger partial charge is 0.474 e. The van der Waals surface area contributed by atoms with Crippen LogP contribution in [0.15, 0.2) is 37.1 Å². The molecule has 6 rings (SSSR count). The van der Waals surface area contributed by atoms with Crippen molar-refractivity contribution in [2.75, 3.05) is 40.4 Å². The summed E-state index contributed by atoms with van der Waals surface area (Å²) in [6, 6.07) is 6.06. The van der Waals surface area contributed by atoms with Gasteiger partial charge < -0.3 is 14.5 Å². The van der Waals surface area contributed by atoms with Crippen molar-refractivity contribution in [1.82, 2.24) is 44.5 Å². The van der Waals surface area contributed by atoms with Gasteiger partial charge in [0.2, 0.25) is 11.7 Å². The minimum Gasteiger partial charge on any atom is -0.474 e. The summed E-state index contributed by atoms with van der Waals surface area (Å²) in [6.07, 6.45) is 5.50. The number of methoxy groups -OCH3 is 1. The number of likely N-dealkylation sites (N-methyl/N-ethyl adjacent to an activating group) is 1. The van der Waals surface area contributed by atoms with Crippen LogP contribution in [0.4, 0.5) is 13.2 Å². The maximum Gasteiger partial charge on any atom is 0.451 e. The first-order valence-electron chi connectivity index (χ1n) is 14.9. The fourth-order valence-electron chi connectivity index (χ4n) is 6.30. The highest BCUT2D eigenvalue weighted by Gasteiger charge is 2.48.